The van der Waals surface area contributed by atoms with E-state index >= 15 is 0 Å². The maximum Gasteiger partial charge on any atom is 0.276 e. The Kier molecular flexibility index (Phi) is 4.63. The Bertz CT molecular complexity index is 665. The minimum absolute atomic E-state index is 0.174. The van der Waals surface area contributed by atoms with Crippen molar-refractivity contribution in [2.45, 2.75) is 51.5 Å². The SMILES string of the molecule is Cc1ccc(S(=O)(=O)N/N=C2\CC[C@H](O)[C@]2(C)C(C)C)cc1. The van der Waals surface area contributed by atoms with E-state index in [4.69, 9.17) is 0 Å². The lowest BCUT2D eigenvalue weighted by molar-refractivity contribution is 0.0662. The van der Waals surface area contributed by atoms with E-state index in [1.807, 2.05) is 27.7 Å². The van der Waals surface area contributed by atoms with Crippen LogP contribution in [0.2, 0.25) is 0 Å². The molecule has 0 amide bonds. The van der Waals surface area contributed by atoms with Gasteiger partial charge >= 0.3 is 0 Å². The zero-order valence-electron chi connectivity index (χ0n) is 13.5. The fourth-order valence-corrected chi connectivity index (χ4v) is 3.64. The van der Waals surface area contributed by atoms with Crippen LogP contribution in [0.25, 0.3) is 0 Å². The molecule has 6 heteroatoms. The monoisotopic (exact) mass is 324 g/mol. The third-order valence-corrected chi connectivity index (χ3v) is 6.02. The number of aliphatic hydroxyl groups excluding tert-OH is 1. The number of nitrogens with zero attached hydrogens (tertiary/aromatic N) is 1. The van der Waals surface area contributed by atoms with Crippen molar-refractivity contribution in [2.75, 3.05) is 0 Å². The van der Waals surface area contributed by atoms with Crippen molar-refractivity contribution >= 4 is 15.7 Å². The number of hydrazone groups is 1. The van der Waals surface area contributed by atoms with Gasteiger partial charge in [-0.15, -0.1) is 0 Å². The molecular weight excluding hydrogens is 300 g/mol. The van der Waals surface area contributed by atoms with Gasteiger partial charge in [0.05, 0.1) is 11.0 Å². The van der Waals surface area contributed by atoms with Crippen molar-refractivity contribution < 1.29 is 13.5 Å². The van der Waals surface area contributed by atoms with Crippen molar-refractivity contribution in [1.82, 2.24) is 4.83 Å². The van der Waals surface area contributed by atoms with Crippen molar-refractivity contribution in [2.24, 2.45) is 16.4 Å². The molecule has 0 unspecified atom stereocenters. The van der Waals surface area contributed by atoms with Gasteiger partial charge in [-0.3, -0.25) is 0 Å². The molecule has 0 bridgehead atoms. The second kappa shape index (κ2) is 6.01. The fourth-order valence-electron chi connectivity index (χ4n) is 2.81. The van der Waals surface area contributed by atoms with E-state index in [2.05, 4.69) is 9.93 Å². The lowest BCUT2D eigenvalue weighted by atomic mass is 9.75. The molecule has 22 heavy (non-hydrogen) atoms. The van der Waals surface area contributed by atoms with Crippen LogP contribution in [0.1, 0.15) is 39.2 Å². The summed E-state index contributed by atoms with van der Waals surface area (Å²) in [5, 5.41) is 14.3. The van der Waals surface area contributed by atoms with Crippen molar-refractivity contribution in [3.63, 3.8) is 0 Å². The summed E-state index contributed by atoms with van der Waals surface area (Å²) in [4.78, 5) is 2.50. The van der Waals surface area contributed by atoms with Crippen LogP contribution in [0, 0.1) is 18.3 Å². The van der Waals surface area contributed by atoms with Crippen LogP contribution < -0.4 is 4.83 Å². The Hall–Kier alpha value is -1.40. The van der Waals surface area contributed by atoms with E-state index in [1.165, 1.54) is 0 Å². The maximum atomic E-state index is 12.3. The quantitative estimate of drug-likeness (QED) is 0.835. The molecule has 0 aromatic heterocycles. The van der Waals surface area contributed by atoms with Crippen molar-refractivity contribution in [3.8, 4) is 0 Å². The van der Waals surface area contributed by atoms with Gasteiger partial charge in [0.25, 0.3) is 10.0 Å². The third-order valence-electron chi connectivity index (χ3n) is 4.80. The third kappa shape index (κ3) is 3.03. The van der Waals surface area contributed by atoms with Gasteiger partial charge in [-0.2, -0.15) is 13.5 Å². The standard InChI is InChI=1S/C16H24N2O3S/c1-11(2)16(4)14(9-10-15(16)19)17-18-22(20,21)13-7-5-12(3)6-8-13/h5-8,11,15,18-19H,9-10H2,1-4H3/b17-14+/t15-,16+/m0/s1. The van der Waals surface area contributed by atoms with Crippen LogP contribution in [0.4, 0.5) is 0 Å². The number of hydrogen-bond donors (Lipinski definition) is 2. The Morgan fingerprint density at radius 2 is 1.91 bits per heavy atom. The molecule has 1 saturated carbocycles. The highest BCUT2D eigenvalue weighted by Gasteiger charge is 2.46. The predicted octanol–water partition coefficient (Wildman–Crippen LogP) is 2.45. The van der Waals surface area contributed by atoms with Crippen LogP contribution in [0.15, 0.2) is 34.3 Å². The molecule has 1 aliphatic rings. The molecular formula is C16H24N2O3S. The molecule has 0 radical (unpaired) electrons. The molecule has 1 fully saturated rings. The zero-order chi connectivity index (χ0) is 16.5. The van der Waals surface area contributed by atoms with Crippen molar-refractivity contribution in [1.29, 1.82) is 0 Å². The average molecular weight is 324 g/mol. The molecule has 1 aromatic carbocycles. The first-order chi connectivity index (χ1) is 10.2. The molecule has 1 aromatic rings. The Morgan fingerprint density at radius 3 is 2.45 bits per heavy atom. The summed E-state index contributed by atoms with van der Waals surface area (Å²) in [6, 6.07) is 6.62. The highest BCUT2D eigenvalue weighted by atomic mass is 32.2. The van der Waals surface area contributed by atoms with Gasteiger partial charge in [-0.1, -0.05) is 38.5 Å². The first-order valence-electron chi connectivity index (χ1n) is 7.51. The normalized spacial score (nSPS) is 27.5. The summed E-state index contributed by atoms with van der Waals surface area (Å²) in [7, 11) is -3.68. The van der Waals surface area contributed by atoms with E-state index in [-0.39, 0.29) is 10.8 Å². The van der Waals surface area contributed by atoms with E-state index in [0.29, 0.717) is 18.6 Å². The smallest absolute Gasteiger partial charge is 0.276 e. The average Bonchev–Trinajstić information content (AvgIpc) is 2.74. The van der Waals surface area contributed by atoms with Gasteiger partial charge in [-0.05, 0) is 37.8 Å². The Balaban J connectivity index is 2.25. The molecule has 0 saturated heterocycles. The summed E-state index contributed by atoms with van der Waals surface area (Å²) in [5.41, 5.74) is 1.22. The number of nitrogens with one attached hydrogen (secondary N) is 1. The van der Waals surface area contributed by atoms with Gasteiger partial charge in [0.1, 0.15) is 0 Å². The van der Waals surface area contributed by atoms with Gasteiger partial charge in [0.2, 0.25) is 0 Å². The maximum absolute atomic E-state index is 12.3. The van der Waals surface area contributed by atoms with Gasteiger partial charge in [0.15, 0.2) is 0 Å². The van der Waals surface area contributed by atoms with Crippen LogP contribution in [-0.4, -0.2) is 25.3 Å². The lowest BCUT2D eigenvalue weighted by Gasteiger charge is -2.33. The predicted molar refractivity (Wildman–Crippen MR) is 87.1 cm³/mol. The summed E-state index contributed by atoms with van der Waals surface area (Å²) >= 11 is 0. The zero-order valence-corrected chi connectivity index (χ0v) is 14.3. The van der Waals surface area contributed by atoms with E-state index in [1.54, 1.807) is 24.3 Å². The number of hydrogen-bond acceptors (Lipinski definition) is 4. The van der Waals surface area contributed by atoms with E-state index in [9.17, 15) is 13.5 Å². The van der Waals surface area contributed by atoms with E-state index in [0.717, 1.165) is 5.56 Å². The van der Waals surface area contributed by atoms with Crippen LogP contribution in [0.5, 0.6) is 0 Å². The first-order valence-corrected chi connectivity index (χ1v) is 9.00. The summed E-state index contributed by atoms with van der Waals surface area (Å²) < 4.78 is 24.6. The molecule has 0 heterocycles. The number of aliphatic hydroxyl groups is 1. The summed E-state index contributed by atoms with van der Waals surface area (Å²) in [6.45, 7) is 7.86. The lowest BCUT2D eigenvalue weighted by Crippen LogP contribution is -2.39. The molecule has 0 spiro atoms. The summed E-state index contributed by atoms with van der Waals surface area (Å²) in [6.07, 6.45) is 0.724. The molecule has 2 atom stereocenters. The first kappa shape index (κ1) is 17.0. The molecule has 0 aliphatic heterocycles. The van der Waals surface area contributed by atoms with Crippen LogP contribution in [-0.2, 0) is 10.0 Å². The Morgan fingerprint density at radius 1 is 1.32 bits per heavy atom. The number of benzene rings is 1. The van der Waals surface area contributed by atoms with Crippen LogP contribution in [0.3, 0.4) is 0 Å². The highest BCUT2D eigenvalue weighted by Crippen LogP contribution is 2.41. The molecule has 122 valence electrons. The molecule has 5 nitrogen and oxygen atoms in total. The molecule has 2 rings (SSSR count). The number of aryl methyl sites for hydroxylation is 1. The highest BCUT2D eigenvalue weighted by molar-refractivity contribution is 7.89. The molecule has 2 N–H and O–H groups in total. The Labute approximate surface area is 132 Å². The minimum Gasteiger partial charge on any atom is -0.392 e. The van der Waals surface area contributed by atoms with Crippen LogP contribution >= 0.6 is 0 Å². The van der Waals surface area contributed by atoms with E-state index < -0.39 is 21.5 Å². The summed E-state index contributed by atoms with van der Waals surface area (Å²) in [5.74, 6) is 0.174. The number of rotatable bonds is 4. The van der Waals surface area contributed by atoms with Gasteiger partial charge < -0.3 is 5.11 Å². The van der Waals surface area contributed by atoms with Crippen molar-refractivity contribution in [3.05, 3.63) is 29.8 Å². The second-order valence-electron chi connectivity index (χ2n) is 6.46. The number of sulfonamides is 1. The minimum atomic E-state index is -3.68. The van der Waals surface area contributed by atoms with Gasteiger partial charge in [-0.25, -0.2) is 4.83 Å². The fraction of sp³-hybridized carbons (Fsp3) is 0.562. The topological polar surface area (TPSA) is 78.8 Å². The largest absolute Gasteiger partial charge is 0.392 e. The second-order valence-corrected chi connectivity index (χ2v) is 8.12. The van der Waals surface area contributed by atoms with Gasteiger partial charge in [0, 0.05) is 11.1 Å². The molecule has 1 aliphatic carbocycles.